The molecule has 2 rings (SSSR count). The Labute approximate surface area is 97.7 Å². The van der Waals surface area contributed by atoms with E-state index in [1.807, 2.05) is 36.6 Å². The number of rotatable bonds is 4. The van der Waals surface area contributed by atoms with Gasteiger partial charge in [-0.15, -0.1) is 11.3 Å². The number of benzene rings is 1. The summed E-state index contributed by atoms with van der Waals surface area (Å²) >= 11 is 1.34. The van der Waals surface area contributed by atoms with E-state index in [1.54, 1.807) is 0 Å². The number of aromatic nitrogens is 1. The maximum Gasteiger partial charge on any atom is 0.178 e. The summed E-state index contributed by atoms with van der Waals surface area (Å²) in [6.45, 7) is 2.58. The molecule has 0 N–H and O–H groups in total. The summed E-state index contributed by atoms with van der Waals surface area (Å²) in [6.07, 6.45) is 0.764. The topological polar surface area (TPSA) is 39.2 Å². The molecule has 1 aromatic heterocycles. The van der Waals surface area contributed by atoms with Gasteiger partial charge in [-0.05, 0) is 19.1 Å². The predicted molar refractivity (Wildman–Crippen MR) is 64.1 cm³/mol. The molecule has 0 amide bonds. The molecule has 0 atom stereocenters. The van der Waals surface area contributed by atoms with Crippen LogP contribution in [-0.4, -0.2) is 17.9 Å². The van der Waals surface area contributed by atoms with Crippen LogP contribution in [0.3, 0.4) is 0 Å². The normalized spacial score (nSPS) is 10.1. The smallest absolute Gasteiger partial charge is 0.178 e. The van der Waals surface area contributed by atoms with Crippen LogP contribution in [0.1, 0.15) is 16.7 Å². The Kier molecular flexibility index (Phi) is 3.31. The average molecular weight is 233 g/mol. The van der Waals surface area contributed by atoms with Crippen molar-refractivity contribution < 1.29 is 9.53 Å². The Hall–Kier alpha value is -1.68. The molecule has 0 aliphatic heterocycles. The average Bonchev–Trinajstić information content (AvgIpc) is 2.78. The third kappa shape index (κ3) is 2.28. The summed E-state index contributed by atoms with van der Waals surface area (Å²) in [4.78, 5) is 14.7. The molecule has 16 heavy (non-hydrogen) atoms. The number of thiazole rings is 1. The number of hydrogen-bond donors (Lipinski definition) is 0. The maximum absolute atomic E-state index is 10.5. The van der Waals surface area contributed by atoms with E-state index in [1.165, 1.54) is 11.3 Å². The molecule has 4 heteroatoms. The van der Waals surface area contributed by atoms with E-state index in [0.29, 0.717) is 11.6 Å². The molecular formula is C12H11NO2S. The van der Waals surface area contributed by atoms with Crippen molar-refractivity contribution in [1.82, 2.24) is 4.98 Å². The summed E-state index contributed by atoms with van der Waals surface area (Å²) in [6, 6.07) is 7.69. The highest BCUT2D eigenvalue weighted by molar-refractivity contribution is 7.11. The van der Waals surface area contributed by atoms with Crippen molar-refractivity contribution in [3.05, 3.63) is 34.7 Å². The lowest BCUT2D eigenvalue weighted by Crippen LogP contribution is -1.91. The van der Waals surface area contributed by atoms with Crippen molar-refractivity contribution in [3.63, 3.8) is 0 Å². The van der Waals surface area contributed by atoms with Crippen molar-refractivity contribution in [2.45, 2.75) is 6.92 Å². The first-order valence-corrected chi connectivity index (χ1v) is 5.85. The highest BCUT2D eigenvalue weighted by Crippen LogP contribution is 2.24. The lowest BCUT2D eigenvalue weighted by atomic mass is 10.2. The van der Waals surface area contributed by atoms with E-state index in [9.17, 15) is 4.79 Å². The summed E-state index contributed by atoms with van der Waals surface area (Å²) in [5.41, 5.74) is 1.78. The molecule has 82 valence electrons. The maximum atomic E-state index is 10.5. The fourth-order valence-corrected chi connectivity index (χ4v) is 2.01. The van der Waals surface area contributed by atoms with Gasteiger partial charge in [-0.25, -0.2) is 4.98 Å². The number of ether oxygens (including phenoxy) is 1. The summed E-state index contributed by atoms with van der Waals surface area (Å²) in [5.74, 6) is 0.820. The third-order valence-electron chi connectivity index (χ3n) is 2.06. The van der Waals surface area contributed by atoms with Gasteiger partial charge in [0.05, 0.1) is 12.3 Å². The molecule has 0 saturated carbocycles. The van der Waals surface area contributed by atoms with Gasteiger partial charge in [-0.2, -0.15) is 0 Å². The first-order chi connectivity index (χ1) is 7.83. The molecule has 0 spiro atoms. The van der Waals surface area contributed by atoms with E-state index in [-0.39, 0.29) is 0 Å². The second-order valence-electron chi connectivity index (χ2n) is 3.15. The standard InChI is InChI=1S/C12H11NO2S/c1-2-15-10-5-3-4-9(6-10)11-8-16-12(7-14)13-11/h3-8H,2H2,1H3. The Morgan fingerprint density at radius 1 is 1.50 bits per heavy atom. The van der Waals surface area contributed by atoms with Gasteiger partial charge in [0, 0.05) is 10.9 Å². The minimum absolute atomic E-state index is 0.497. The zero-order valence-electron chi connectivity index (χ0n) is 8.84. The molecule has 0 aliphatic rings. The molecule has 0 unspecified atom stereocenters. The predicted octanol–water partition coefficient (Wildman–Crippen LogP) is 3.02. The van der Waals surface area contributed by atoms with Crippen molar-refractivity contribution in [3.8, 4) is 17.0 Å². The number of carbonyl (C=O) groups is 1. The lowest BCUT2D eigenvalue weighted by molar-refractivity contribution is 0.112. The molecule has 0 fully saturated rings. The van der Waals surface area contributed by atoms with Gasteiger partial charge in [0.2, 0.25) is 0 Å². The molecule has 3 nitrogen and oxygen atoms in total. The van der Waals surface area contributed by atoms with Gasteiger partial charge >= 0.3 is 0 Å². The Bertz CT molecular complexity index is 493. The number of carbonyl (C=O) groups excluding carboxylic acids is 1. The van der Waals surface area contributed by atoms with Crippen LogP contribution in [0.2, 0.25) is 0 Å². The van der Waals surface area contributed by atoms with Gasteiger partial charge in [-0.3, -0.25) is 4.79 Å². The second-order valence-corrected chi connectivity index (χ2v) is 4.04. The number of hydrogen-bond acceptors (Lipinski definition) is 4. The molecular weight excluding hydrogens is 222 g/mol. The molecule has 1 aromatic carbocycles. The second kappa shape index (κ2) is 4.90. The van der Waals surface area contributed by atoms with E-state index in [0.717, 1.165) is 23.3 Å². The number of aldehydes is 1. The van der Waals surface area contributed by atoms with Crippen molar-refractivity contribution in [1.29, 1.82) is 0 Å². The van der Waals surface area contributed by atoms with Crippen molar-refractivity contribution >= 4 is 17.6 Å². The van der Waals surface area contributed by atoms with Crippen LogP contribution in [-0.2, 0) is 0 Å². The quantitative estimate of drug-likeness (QED) is 0.762. The number of nitrogens with zero attached hydrogens (tertiary/aromatic N) is 1. The Morgan fingerprint density at radius 3 is 3.06 bits per heavy atom. The first-order valence-electron chi connectivity index (χ1n) is 4.97. The largest absolute Gasteiger partial charge is 0.494 e. The molecule has 2 aromatic rings. The Balaban J connectivity index is 2.32. The van der Waals surface area contributed by atoms with Crippen LogP contribution in [0.4, 0.5) is 0 Å². The van der Waals surface area contributed by atoms with Crippen molar-refractivity contribution in [2.75, 3.05) is 6.61 Å². The van der Waals surface area contributed by atoms with E-state index in [2.05, 4.69) is 4.98 Å². The minimum atomic E-state index is 0.497. The fourth-order valence-electron chi connectivity index (χ4n) is 1.39. The van der Waals surface area contributed by atoms with Crippen LogP contribution in [0.25, 0.3) is 11.3 Å². The monoisotopic (exact) mass is 233 g/mol. The molecule has 0 saturated heterocycles. The zero-order valence-corrected chi connectivity index (χ0v) is 9.66. The van der Waals surface area contributed by atoms with E-state index in [4.69, 9.17) is 4.74 Å². The highest BCUT2D eigenvalue weighted by Gasteiger charge is 2.04. The van der Waals surface area contributed by atoms with Crippen LogP contribution in [0, 0.1) is 0 Å². The van der Waals surface area contributed by atoms with Crippen LogP contribution in [0.5, 0.6) is 5.75 Å². The van der Waals surface area contributed by atoms with Crippen LogP contribution in [0.15, 0.2) is 29.6 Å². The van der Waals surface area contributed by atoms with Crippen LogP contribution < -0.4 is 4.74 Å². The third-order valence-corrected chi connectivity index (χ3v) is 2.83. The first kappa shape index (κ1) is 10.8. The molecule has 0 radical (unpaired) electrons. The minimum Gasteiger partial charge on any atom is -0.494 e. The van der Waals surface area contributed by atoms with Gasteiger partial charge in [0.15, 0.2) is 11.3 Å². The highest BCUT2D eigenvalue weighted by atomic mass is 32.1. The molecule has 1 heterocycles. The van der Waals surface area contributed by atoms with Gasteiger partial charge in [0.25, 0.3) is 0 Å². The van der Waals surface area contributed by atoms with Crippen LogP contribution >= 0.6 is 11.3 Å². The fraction of sp³-hybridized carbons (Fsp3) is 0.167. The SMILES string of the molecule is CCOc1cccc(-c2csc(C=O)n2)c1. The molecule has 0 aliphatic carbocycles. The van der Waals surface area contributed by atoms with Gasteiger partial charge in [0.1, 0.15) is 5.75 Å². The lowest BCUT2D eigenvalue weighted by Gasteiger charge is -2.03. The Morgan fingerprint density at radius 2 is 2.38 bits per heavy atom. The van der Waals surface area contributed by atoms with Gasteiger partial charge < -0.3 is 4.74 Å². The van der Waals surface area contributed by atoms with E-state index >= 15 is 0 Å². The van der Waals surface area contributed by atoms with E-state index < -0.39 is 0 Å². The summed E-state index contributed by atoms with van der Waals surface area (Å²) in [7, 11) is 0. The zero-order chi connectivity index (χ0) is 11.4. The summed E-state index contributed by atoms with van der Waals surface area (Å²) < 4.78 is 5.41. The molecule has 0 bridgehead atoms. The summed E-state index contributed by atoms with van der Waals surface area (Å²) in [5, 5.41) is 2.37. The van der Waals surface area contributed by atoms with Crippen molar-refractivity contribution in [2.24, 2.45) is 0 Å². The van der Waals surface area contributed by atoms with Gasteiger partial charge in [-0.1, -0.05) is 12.1 Å².